The number of fused-ring (bicyclic) bond motifs is 1. The first kappa shape index (κ1) is 13.9. The van der Waals surface area contributed by atoms with E-state index in [2.05, 4.69) is 27.8 Å². The van der Waals surface area contributed by atoms with Crippen LogP contribution in [0.4, 0.5) is 5.69 Å². The van der Waals surface area contributed by atoms with Gasteiger partial charge in [-0.15, -0.1) is 0 Å². The highest BCUT2D eigenvalue weighted by atomic mass is 16.2. The first-order chi connectivity index (χ1) is 10.2. The molecule has 0 heterocycles. The van der Waals surface area contributed by atoms with Gasteiger partial charge in [-0.2, -0.15) is 0 Å². The summed E-state index contributed by atoms with van der Waals surface area (Å²) in [5, 5.41) is 5.98. The van der Waals surface area contributed by atoms with Gasteiger partial charge in [-0.3, -0.25) is 9.79 Å². The molecule has 2 aliphatic carbocycles. The molecular weight excluding hydrogens is 264 g/mol. The van der Waals surface area contributed by atoms with Crippen molar-refractivity contribution in [1.82, 2.24) is 5.32 Å². The zero-order valence-corrected chi connectivity index (χ0v) is 12.2. The van der Waals surface area contributed by atoms with E-state index in [4.69, 9.17) is 5.73 Å². The summed E-state index contributed by atoms with van der Waals surface area (Å²) < 4.78 is 0. The van der Waals surface area contributed by atoms with Crippen LogP contribution >= 0.6 is 0 Å². The number of rotatable bonds is 5. The summed E-state index contributed by atoms with van der Waals surface area (Å²) in [7, 11) is 0. The lowest BCUT2D eigenvalue weighted by Crippen LogP contribution is -2.29. The predicted octanol–water partition coefficient (Wildman–Crippen LogP) is 1.43. The maximum absolute atomic E-state index is 11.4. The number of anilines is 1. The van der Waals surface area contributed by atoms with Crippen LogP contribution in [0, 0.1) is 5.92 Å². The standard InChI is InChI=1S/C16H22N4O/c17-16(19-9-8-18-15(21)12-4-5-12)20-14-7-6-11-2-1-3-13(11)10-14/h6-7,10,12H,1-5,8-9H2,(H,18,21)(H3,17,19,20). The first-order valence-electron chi connectivity index (χ1n) is 7.69. The third-order valence-corrected chi connectivity index (χ3v) is 4.01. The van der Waals surface area contributed by atoms with Crippen molar-refractivity contribution >= 4 is 17.6 Å². The van der Waals surface area contributed by atoms with Crippen molar-refractivity contribution in [3.8, 4) is 0 Å². The Hall–Kier alpha value is -2.04. The molecule has 0 radical (unpaired) electrons. The van der Waals surface area contributed by atoms with Crippen molar-refractivity contribution in [1.29, 1.82) is 0 Å². The van der Waals surface area contributed by atoms with Crippen LogP contribution in [0.15, 0.2) is 23.2 Å². The Balaban J connectivity index is 1.45. The summed E-state index contributed by atoms with van der Waals surface area (Å²) in [6.07, 6.45) is 5.62. The maximum Gasteiger partial charge on any atom is 0.223 e. The van der Waals surface area contributed by atoms with Gasteiger partial charge in [0.2, 0.25) is 5.91 Å². The average molecular weight is 286 g/mol. The van der Waals surface area contributed by atoms with Gasteiger partial charge in [0.15, 0.2) is 5.96 Å². The molecule has 1 saturated carbocycles. The molecular formula is C16H22N4O. The number of hydrogen-bond donors (Lipinski definition) is 3. The Morgan fingerprint density at radius 3 is 2.90 bits per heavy atom. The molecule has 0 aromatic heterocycles. The van der Waals surface area contributed by atoms with E-state index in [1.165, 1.54) is 24.0 Å². The van der Waals surface area contributed by atoms with Gasteiger partial charge < -0.3 is 16.4 Å². The molecule has 2 aliphatic rings. The number of nitrogens with two attached hydrogens (primary N) is 1. The molecule has 0 aliphatic heterocycles. The maximum atomic E-state index is 11.4. The van der Waals surface area contributed by atoms with Crippen LogP contribution in [0.1, 0.15) is 30.4 Å². The molecule has 112 valence electrons. The minimum absolute atomic E-state index is 0.148. The van der Waals surface area contributed by atoms with E-state index in [1.807, 2.05) is 6.07 Å². The minimum atomic E-state index is 0.148. The van der Waals surface area contributed by atoms with Gasteiger partial charge in [-0.1, -0.05) is 6.07 Å². The van der Waals surface area contributed by atoms with Crippen LogP contribution < -0.4 is 16.4 Å². The zero-order valence-electron chi connectivity index (χ0n) is 12.2. The fourth-order valence-corrected chi connectivity index (χ4v) is 2.68. The molecule has 0 unspecified atom stereocenters. The SMILES string of the molecule is NC(=NCCNC(=O)C1CC1)Nc1ccc2c(c1)CCC2. The van der Waals surface area contributed by atoms with Crippen LogP contribution in [-0.2, 0) is 17.6 Å². The van der Waals surface area contributed by atoms with Crippen LogP contribution in [0.2, 0.25) is 0 Å². The van der Waals surface area contributed by atoms with Crippen LogP contribution in [0.5, 0.6) is 0 Å². The van der Waals surface area contributed by atoms with Crippen LogP contribution in [0.3, 0.4) is 0 Å². The molecule has 0 spiro atoms. The molecule has 0 atom stereocenters. The largest absolute Gasteiger partial charge is 0.370 e. The molecule has 1 aromatic carbocycles. The Labute approximate surface area is 125 Å². The Morgan fingerprint density at radius 2 is 2.10 bits per heavy atom. The van der Waals surface area contributed by atoms with Crippen LogP contribution in [0.25, 0.3) is 0 Å². The van der Waals surface area contributed by atoms with Crippen molar-refractivity contribution in [2.24, 2.45) is 16.6 Å². The lowest BCUT2D eigenvalue weighted by atomic mass is 10.1. The molecule has 5 heteroatoms. The van der Waals surface area contributed by atoms with Gasteiger partial charge in [0.05, 0.1) is 6.54 Å². The second-order valence-corrected chi connectivity index (χ2v) is 5.79. The van der Waals surface area contributed by atoms with E-state index in [1.54, 1.807) is 0 Å². The molecule has 21 heavy (non-hydrogen) atoms. The number of guanidine groups is 1. The third kappa shape index (κ3) is 3.74. The van der Waals surface area contributed by atoms with Gasteiger partial charge in [-0.05, 0) is 55.4 Å². The molecule has 1 fully saturated rings. The van der Waals surface area contributed by atoms with Gasteiger partial charge in [-0.25, -0.2) is 0 Å². The molecule has 1 aromatic rings. The van der Waals surface area contributed by atoms with E-state index in [0.29, 0.717) is 19.0 Å². The summed E-state index contributed by atoms with van der Waals surface area (Å²) in [6, 6.07) is 6.36. The lowest BCUT2D eigenvalue weighted by molar-refractivity contribution is -0.122. The number of carbonyl (C=O) groups is 1. The van der Waals surface area contributed by atoms with Gasteiger partial charge in [0.25, 0.3) is 0 Å². The average Bonchev–Trinajstić information content (AvgIpc) is 3.22. The lowest BCUT2D eigenvalue weighted by Gasteiger charge is -2.08. The second-order valence-electron chi connectivity index (χ2n) is 5.79. The highest BCUT2D eigenvalue weighted by Crippen LogP contribution is 2.28. The summed E-state index contributed by atoms with van der Waals surface area (Å²) in [4.78, 5) is 15.7. The van der Waals surface area contributed by atoms with Crippen molar-refractivity contribution in [2.45, 2.75) is 32.1 Å². The van der Waals surface area contributed by atoms with E-state index in [-0.39, 0.29) is 11.8 Å². The Kier molecular flexibility index (Phi) is 4.08. The molecule has 5 nitrogen and oxygen atoms in total. The van der Waals surface area contributed by atoms with Crippen molar-refractivity contribution in [3.63, 3.8) is 0 Å². The summed E-state index contributed by atoms with van der Waals surface area (Å²) in [5.41, 5.74) is 9.70. The summed E-state index contributed by atoms with van der Waals surface area (Å²) >= 11 is 0. The second kappa shape index (κ2) is 6.16. The monoisotopic (exact) mass is 286 g/mol. The van der Waals surface area contributed by atoms with Gasteiger partial charge in [0.1, 0.15) is 0 Å². The van der Waals surface area contributed by atoms with Crippen molar-refractivity contribution < 1.29 is 4.79 Å². The number of nitrogens with zero attached hydrogens (tertiary/aromatic N) is 1. The fraction of sp³-hybridized carbons (Fsp3) is 0.500. The summed E-state index contributed by atoms with van der Waals surface area (Å²) in [6.45, 7) is 1.05. The quantitative estimate of drug-likeness (QED) is 0.435. The number of aryl methyl sites for hydroxylation is 2. The number of carbonyl (C=O) groups excluding carboxylic acids is 1. The van der Waals surface area contributed by atoms with Crippen molar-refractivity contribution in [3.05, 3.63) is 29.3 Å². The zero-order chi connectivity index (χ0) is 14.7. The number of amides is 1. The number of aliphatic imine (C=N–C) groups is 1. The van der Waals surface area contributed by atoms with E-state index >= 15 is 0 Å². The molecule has 1 amide bonds. The topological polar surface area (TPSA) is 79.5 Å². The van der Waals surface area contributed by atoms with Crippen LogP contribution in [-0.4, -0.2) is 25.0 Å². The Morgan fingerprint density at radius 1 is 1.29 bits per heavy atom. The number of hydrogen-bond acceptors (Lipinski definition) is 2. The third-order valence-electron chi connectivity index (χ3n) is 4.01. The smallest absolute Gasteiger partial charge is 0.223 e. The van der Waals surface area contributed by atoms with Gasteiger partial charge >= 0.3 is 0 Å². The molecule has 3 rings (SSSR count). The van der Waals surface area contributed by atoms with Gasteiger partial charge in [0, 0.05) is 18.2 Å². The Bertz CT molecular complexity index is 563. The highest BCUT2D eigenvalue weighted by molar-refractivity contribution is 5.92. The predicted molar refractivity (Wildman–Crippen MR) is 84.3 cm³/mol. The first-order valence-corrected chi connectivity index (χ1v) is 7.69. The van der Waals surface area contributed by atoms with E-state index in [9.17, 15) is 4.79 Å². The van der Waals surface area contributed by atoms with E-state index in [0.717, 1.165) is 24.9 Å². The number of nitrogens with one attached hydrogen (secondary N) is 2. The minimum Gasteiger partial charge on any atom is -0.370 e. The molecule has 4 N–H and O–H groups in total. The molecule has 0 saturated heterocycles. The number of benzene rings is 1. The van der Waals surface area contributed by atoms with E-state index < -0.39 is 0 Å². The fourth-order valence-electron chi connectivity index (χ4n) is 2.68. The van der Waals surface area contributed by atoms with Crippen molar-refractivity contribution in [2.75, 3.05) is 18.4 Å². The summed E-state index contributed by atoms with van der Waals surface area (Å²) in [5.74, 6) is 0.792. The molecule has 0 bridgehead atoms. The normalized spacial score (nSPS) is 17.4. The highest BCUT2D eigenvalue weighted by Gasteiger charge is 2.28.